The molecule has 0 N–H and O–H groups in total. The average Bonchev–Trinajstić information content (AvgIpc) is 3.29. The van der Waals surface area contributed by atoms with Gasteiger partial charge in [0.2, 0.25) is 0 Å². The molecular weight excluding hydrogens is 793 g/mol. The number of unbranched alkanes of at least 4 members (excludes halogenated alkanes) is 25. The van der Waals surface area contributed by atoms with Crippen molar-refractivity contribution in [2.45, 2.75) is 264 Å². The summed E-state index contributed by atoms with van der Waals surface area (Å²) in [5.41, 5.74) is 0. The summed E-state index contributed by atoms with van der Waals surface area (Å²) < 4.78 is 16.8. The molecule has 1 atom stereocenters. The van der Waals surface area contributed by atoms with Crippen molar-refractivity contribution in [2.24, 2.45) is 0 Å². The van der Waals surface area contributed by atoms with Gasteiger partial charge in [-0.25, -0.2) is 0 Å². The molecule has 368 valence electrons. The molecule has 64 heavy (non-hydrogen) atoms. The number of hydrogen-bond acceptors (Lipinski definition) is 6. The summed E-state index contributed by atoms with van der Waals surface area (Å²) >= 11 is 0. The van der Waals surface area contributed by atoms with Gasteiger partial charge in [0.1, 0.15) is 13.2 Å². The molecule has 6 heteroatoms. The van der Waals surface area contributed by atoms with Crippen molar-refractivity contribution in [3.8, 4) is 0 Å². The van der Waals surface area contributed by atoms with Gasteiger partial charge < -0.3 is 14.2 Å². The Balaban J connectivity index is 4.41. The molecule has 0 aromatic rings. The third kappa shape index (κ3) is 49.9. The molecule has 0 bridgehead atoms. The largest absolute Gasteiger partial charge is 0.462 e. The molecule has 0 amide bonds. The van der Waals surface area contributed by atoms with Gasteiger partial charge in [0.25, 0.3) is 0 Å². The van der Waals surface area contributed by atoms with E-state index in [0.717, 1.165) is 128 Å². The predicted octanol–water partition coefficient (Wildman–Crippen LogP) is 17.8. The van der Waals surface area contributed by atoms with Crippen LogP contribution in [-0.4, -0.2) is 37.2 Å². The SMILES string of the molecule is CC/C=C\C/C=C\C/C=C\CCCCCCCCCC(=O)OCC(COC(=O)CCCCCCC/C=C\C/C=C\CCC)OC(=O)CCCCCCC/C=C\CCCCCCCCC. The highest BCUT2D eigenvalue weighted by atomic mass is 16.6. The first-order chi connectivity index (χ1) is 31.5. The van der Waals surface area contributed by atoms with Gasteiger partial charge in [-0.2, -0.15) is 0 Å². The Morgan fingerprint density at radius 3 is 1.03 bits per heavy atom. The summed E-state index contributed by atoms with van der Waals surface area (Å²) in [6.45, 7) is 6.44. The summed E-state index contributed by atoms with van der Waals surface area (Å²) in [6.07, 6.45) is 66.0. The highest BCUT2D eigenvalue weighted by Crippen LogP contribution is 2.14. The molecule has 0 aromatic heterocycles. The van der Waals surface area contributed by atoms with E-state index in [-0.39, 0.29) is 31.1 Å². The molecule has 0 aliphatic rings. The van der Waals surface area contributed by atoms with Gasteiger partial charge in [-0.05, 0) is 103 Å². The molecule has 0 saturated carbocycles. The van der Waals surface area contributed by atoms with E-state index in [1.54, 1.807) is 0 Å². The molecule has 0 radical (unpaired) electrons. The molecule has 6 nitrogen and oxygen atoms in total. The lowest BCUT2D eigenvalue weighted by Crippen LogP contribution is -2.30. The summed E-state index contributed by atoms with van der Waals surface area (Å²) in [5.74, 6) is -0.916. The van der Waals surface area contributed by atoms with Gasteiger partial charge in [-0.1, -0.05) is 209 Å². The lowest BCUT2D eigenvalue weighted by atomic mass is 10.1. The van der Waals surface area contributed by atoms with Crippen LogP contribution in [-0.2, 0) is 28.6 Å². The van der Waals surface area contributed by atoms with Crippen LogP contribution in [0.4, 0.5) is 0 Å². The summed E-state index contributed by atoms with van der Waals surface area (Å²) in [6, 6.07) is 0. The van der Waals surface area contributed by atoms with Crippen LogP contribution in [0.5, 0.6) is 0 Å². The Labute approximate surface area is 395 Å². The van der Waals surface area contributed by atoms with E-state index in [1.165, 1.54) is 89.9 Å². The summed E-state index contributed by atoms with van der Waals surface area (Å²) in [7, 11) is 0. The normalized spacial score (nSPS) is 12.6. The van der Waals surface area contributed by atoms with Gasteiger partial charge in [0.15, 0.2) is 6.10 Å². The number of esters is 3. The first-order valence-electron chi connectivity index (χ1n) is 26.9. The minimum absolute atomic E-state index is 0.0885. The van der Waals surface area contributed by atoms with E-state index < -0.39 is 6.10 Å². The molecule has 0 saturated heterocycles. The van der Waals surface area contributed by atoms with Crippen molar-refractivity contribution in [1.82, 2.24) is 0 Å². The van der Waals surface area contributed by atoms with E-state index in [2.05, 4.69) is 93.7 Å². The number of rotatable bonds is 48. The highest BCUT2D eigenvalue weighted by Gasteiger charge is 2.19. The van der Waals surface area contributed by atoms with Crippen LogP contribution in [0.1, 0.15) is 258 Å². The van der Waals surface area contributed by atoms with E-state index in [1.807, 2.05) is 0 Å². The van der Waals surface area contributed by atoms with Crippen LogP contribution in [0, 0.1) is 0 Å². The maximum Gasteiger partial charge on any atom is 0.306 e. The standard InChI is InChI=1S/C58H100O6/c1-4-7-10-13-16-19-22-25-27-29-31-33-36-39-42-45-48-51-57(60)63-54-55(53-62-56(59)50-47-44-41-38-35-32-24-21-18-15-12-9-6-3)64-58(61)52-49-46-43-40-37-34-30-28-26-23-20-17-14-11-8-5-2/h7,10,12,15-16,19,21,24-25,27-28,30,55H,4-6,8-9,11,13-14,17-18,20,22-23,26,29,31-54H2,1-3H3/b10-7-,15-12-,19-16-,24-21-,27-25-,30-28-. The summed E-state index contributed by atoms with van der Waals surface area (Å²) in [4.78, 5) is 38.0. The topological polar surface area (TPSA) is 78.9 Å². The Hall–Kier alpha value is -3.15. The predicted molar refractivity (Wildman–Crippen MR) is 274 cm³/mol. The number of carbonyl (C=O) groups excluding carboxylic acids is 3. The van der Waals surface area contributed by atoms with Crippen LogP contribution in [0.2, 0.25) is 0 Å². The van der Waals surface area contributed by atoms with Crippen molar-refractivity contribution < 1.29 is 28.6 Å². The molecule has 0 aliphatic heterocycles. The highest BCUT2D eigenvalue weighted by molar-refractivity contribution is 5.71. The molecule has 0 heterocycles. The fraction of sp³-hybridized carbons (Fsp3) is 0.741. The smallest absolute Gasteiger partial charge is 0.306 e. The van der Waals surface area contributed by atoms with E-state index in [4.69, 9.17) is 14.2 Å². The molecule has 0 rings (SSSR count). The second kappa shape index (κ2) is 52.5. The number of hydrogen-bond donors (Lipinski definition) is 0. The minimum Gasteiger partial charge on any atom is -0.462 e. The van der Waals surface area contributed by atoms with Gasteiger partial charge in [-0.15, -0.1) is 0 Å². The fourth-order valence-electron chi connectivity index (χ4n) is 7.37. The van der Waals surface area contributed by atoms with Crippen LogP contribution in [0.3, 0.4) is 0 Å². The quantitative estimate of drug-likeness (QED) is 0.0262. The van der Waals surface area contributed by atoms with E-state index in [0.29, 0.717) is 19.3 Å². The molecule has 0 aromatic carbocycles. The monoisotopic (exact) mass is 893 g/mol. The zero-order chi connectivity index (χ0) is 46.5. The number of allylic oxidation sites excluding steroid dienone is 12. The van der Waals surface area contributed by atoms with Crippen molar-refractivity contribution in [1.29, 1.82) is 0 Å². The van der Waals surface area contributed by atoms with Crippen LogP contribution in [0.15, 0.2) is 72.9 Å². The first kappa shape index (κ1) is 60.9. The fourth-order valence-corrected chi connectivity index (χ4v) is 7.37. The number of carbonyl (C=O) groups is 3. The van der Waals surface area contributed by atoms with Crippen molar-refractivity contribution in [2.75, 3.05) is 13.2 Å². The zero-order valence-corrected chi connectivity index (χ0v) is 42.0. The third-order valence-corrected chi connectivity index (χ3v) is 11.4. The van der Waals surface area contributed by atoms with Gasteiger partial charge in [0.05, 0.1) is 0 Å². The molecule has 0 fully saturated rings. The maximum absolute atomic E-state index is 12.8. The maximum atomic E-state index is 12.8. The minimum atomic E-state index is -0.789. The Morgan fingerprint density at radius 1 is 0.328 bits per heavy atom. The lowest BCUT2D eigenvalue weighted by Gasteiger charge is -2.18. The van der Waals surface area contributed by atoms with Crippen LogP contribution in [0.25, 0.3) is 0 Å². The molecular formula is C58H100O6. The molecule has 1 unspecified atom stereocenters. The Morgan fingerprint density at radius 2 is 0.641 bits per heavy atom. The number of ether oxygens (including phenoxy) is 3. The Kier molecular flexibility index (Phi) is 49.9. The van der Waals surface area contributed by atoms with E-state index >= 15 is 0 Å². The third-order valence-electron chi connectivity index (χ3n) is 11.4. The van der Waals surface area contributed by atoms with Gasteiger partial charge in [-0.3, -0.25) is 14.4 Å². The van der Waals surface area contributed by atoms with Gasteiger partial charge in [0, 0.05) is 19.3 Å². The van der Waals surface area contributed by atoms with Gasteiger partial charge >= 0.3 is 17.9 Å². The molecule has 0 spiro atoms. The second-order valence-electron chi connectivity index (χ2n) is 17.7. The second-order valence-corrected chi connectivity index (χ2v) is 17.7. The van der Waals surface area contributed by atoms with Crippen molar-refractivity contribution >= 4 is 17.9 Å². The summed E-state index contributed by atoms with van der Waals surface area (Å²) in [5, 5.41) is 0. The average molecular weight is 893 g/mol. The first-order valence-corrected chi connectivity index (χ1v) is 26.9. The van der Waals surface area contributed by atoms with Crippen molar-refractivity contribution in [3.63, 3.8) is 0 Å². The van der Waals surface area contributed by atoms with Crippen molar-refractivity contribution in [3.05, 3.63) is 72.9 Å². The van der Waals surface area contributed by atoms with E-state index in [9.17, 15) is 14.4 Å². The molecule has 0 aliphatic carbocycles. The van der Waals surface area contributed by atoms with Crippen LogP contribution >= 0.6 is 0 Å². The Bertz CT molecular complexity index is 1210. The zero-order valence-electron chi connectivity index (χ0n) is 42.0. The van der Waals surface area contributed by atoms with Crippen LogP contribution < -0.4 is 0 Å². The lowest BCUT2D eigenvalue weighted by molar-refractivity contribution is -0.167.